The van der Waals surface area contributed by atoms with Gasteiger partial charge in [-0.2, -0.15) is 23.8 Å². The molecule has 12 heteroatoms. The van der Waals surface area contributed by atoms with E-state index in [1.54, 1.807) is 24.3 Å². The number of phenolic OH excluding ortho intramolecular Hbond substituents is 1. The Bertz CT molecular complexity index is 1610. The zero-order valence-electron chi connectivity index (χ0n) is 17.2. The van der Waals surface area contributed by atoms with E-state index in [9.17, 15) is 26.5 Å². The van der Waals surface area contributed by atoms with Crippen molar-refractivity contribution in [2.75, 3.05) is 0 Å². The van der Waals surface area contributed by atoms with Crippen LogP contribution < -0.4 is 0 Å². The van der Waals surface area contributed by atoms with Gasteiger partial charge in [0.15, 0.2) is 10.7 Å². The van der Waals surface area contributed by atoms with Crippen LogP contribution in [0.1, 0.15) is 0 Å². The van der Waals surface area contributed by atoms with E-state index in [0.29, 0.717) is 17.1 Å². The molecule has 4 aromatic carbocycles. The number of nitrogens with zero attached hydrogens (tertiary/aromatic N) is 4. The largest absolute Gasteiger partial charge is 0.506 e. The number of benzene rings is 4. The van der Waals surface area contributed by atoms with Gasteiger partial charge in [0.05, 0.1) is 26.9 Å². The Morgan fingerprint density at radius 1 is 0.706 bits per heavy atom. The Morgan fingerprint density at radius 3 is 1.82 bits per heavy atom. The van der Waals surface area contributed by atoms with Crippen LogP contribution in [-0.2, 0) is 20.8 Å². The standard InChI is InChI=1S/C22H16N4O6S2/c27-19-11-6-14-12-18(34(30,31)32)13-20(33(28)29)21(14)22(19)26-25-17-9-7-16(8-10-17)24-23-15-4-2-1-3-5-15/h1-13,27,33H,(H,30,31,32)/b24-23+,26-25+. The van der Waals surface area contributed by atoms with Gasteiger partial charge in [-0.3, -0.25) is 4.55 Å². The summed E-state index contributed by atoms with van der Waals surface area (Å²) in [5.74, 6) is -0.359. The molecule has 0 saturated heterocycles. The van der Waals surface area contributed by atoms with E-state index in [2.05, 4.69) is 20.5 Å². The summed E-state index contributed by atoms with van der Waals surface area (Å²) in [6.07, 6.45) is 0. The third-order valence-corrected chi connectivity index (χ3v) is 6.25. The van der Waals surface area contributed by atoms with Crippen LogP contribution in [0.5, 0.6) is 5.75 Å². The number of phenols is 1. The maximum Gasteiger partial charge on any atom is 0.294 e. The predicted molar refractivity (Wildman–Crippen MR) is 125 cm³/mol. The molecule has 0 spiro atoms. The van der Waals surface area contributed by atoms with Gasteiger partial charge in [-0.1, -0.05) is 24.3 Å². The van der Waals surface area contributed by atoms with Crippen molar-refractivity contribution in [3.8, 4) is 5.75 Å². The van der Waals surface area contributed by atoms with E-state index < -0.39 is 30.6 Å². The first-order valence-corrected chi connectivity index (χ1v) is 12.2. The Labute approximate surface area is 195 Å². The average molecular weight is 497 g/mol. The van der Waals surface area contributed by atoms with Gasteiger partial charge < -0.3 is 5.11 Å². The van der Waals surface area contributed by atoms with Crippen LogP contribution in [0.4, 0.5) is 22.7 Å². The Hall–Kier alpha value is -4.00. The van der Waals surface area contributed by atoms with Gasteiger partial charge in [0, 0.05) is 5.39 Å². The second kappa shape index (κ2) is 9.47. The van der Waals surface area contributed by atoms with E-state index >= 15 is 0 Å². The maximum absolute atomic E-state index is 11.8. The summed E-state index contributed by atoms with van der Waals surface area (Å²) in [7, 11) is -7.95. The fraction of sp³-hybridized carbons (Fsp3) is 0. The average Bonchev–Trinajstić information content (AvgIpc) is 2.82. The molecular formula is C22H16N4O6S2. The van der Waals surface area contributed by atoms with Crippen LogP contribution in [-0.4, -0.2) is 26.5 Å². The van der Waals surface area contributed by atoms with Crippen molar-refractivity contribution in [1.82, 2.24) is 0 Å². The van der Waals surface area contributed by atoms with Crippen LogP contribution in [0.3, 0.4) is 0 Å². The van der Waals surface area contributed by atoms with Crippen molar-refractivity contribution in [2.24, 2.45) is 20.5 Å². The summed E-state index contributed by atoms with van der Waals surface area (Å²) in [6, 6.07) is 20.1. The maximum atomic E-state index is 11.8. The first kappa shape index (κ1) is 23.2. The molecule has 0 saturated carbocycles. The molecule has 0 aliphatic rings. The first-order chi connectivity index (χ1) is 16.2. The highest BCUT2D eigenvalue weighted by Crippen LogP contribution is 2.40. The lowest BCUT2D eigenvalue weighted by molar-refractivity contribution is 0.477. The second-order valence-corrected chi connectivity index (χ2v) is 9.38. The van der Waals surface area contributed by atoms with Crippen molar-refractivity contribution in [1.29, 1.82) is 0 Å². The molecule has 10 nitrogen and oxygen atoms in total. The molecule has 0 heterocycles. The van der Waals surface area contributed by atoms with Crippen LogP contribution in [0, 0.1) is 0 Å². The van der Waals surface area contributed by atoms with Gasteiger partial charge in [0.25, 0.3) is 10.1 Å². The van der Waals surface area contributed by atoms with Crippen molar-refractivity contribution in [3.63, 3.8) is 0 Å². The topological polar surface area (TPSA) is 158 Å². The molecule has 0 radical (unpaired) electrons. The summed E-state index contributed by atoms with van der Waals surface area (Å²) in [5.41, 5.74) is 1.49. The molecule has 4 aromatic rings. The predicted octanol–water partition coefficient (Wildman–Crippen LogP) is 5.59. The molecular weight excluding hydrogens is 480 g/mol. The normalized spacial score (nSPS) is 12.3. The minimum Gasteiger partial charge on any atom is -0.506 e. The van der Waals surface area contributed by atoms with E-state index in [1.807, 2.05) is 30.3 Å². The highest BCUT2D eigenvalue weighted by atomic mass is 32.2. The Kier molecular flexibility index (Phi) is 6.45. The van der Waals surface area contributed by atoms with E-state index in [4.69, 9.17) is 0 Å². The summed E-state index contributed by atoms with van der Waals surface area (Å²) in [4.78, 5) is -1.02. The number of rotatable bonds is 6. The molecule has 0 amide bonds. The second-order valence-electron chi connectivity index (χ2n) is 6.96. The van der Waals surface area contributed by atoms with Crippen LogP contribution in [0.2, 0.25) is 0 Å². The third kappa shape index (κ3) is 5.14. The molecule has 2 N–H and O–H groups in total. The van der Waals surface area contributed by atoms with Crippen molar-refractivity contribution in [3.05, 3.63) is 78.9 Å². The minimum atomic E-state index is -4.66. The molecule has 34 heavy (non-hydrogen) atoms. The fourth-order valence-corrected chi connectivity index (χ4v) is 4.38. The summed E-state index contributed by atoms with van der Waals surface area (Å²) in [6.45, 7) is 0. The zero-order chi connectivity index (χ0) is 24.3. The molecule has 0 aliphatic heterocycles. The number of azo groups is 2. The zero-order valence-corrected chi connectivity index (χ0v) is 18.9. The number of fused-ring (bicyclic) bond motifs is 1. The molecule has 172 valence electrons. The van der Waals surface area contributed by atoms with E-state index in [-0.39, 0.29) is 22.2 Å². The van der Waals surface area contributed by atoms with Gasteiger partial charge >= 0.3 is 0 Å². The number of thiol groups is 1. The monoisotopic (exact) mass is 496 g/mol. The van der Waals surface area contributed by atoms with Gasteiger partial charge in [0.1, 0.15) is 11.4 Å². The number of hydrogen-bond donors (Lipinski definition) is 3. The highest BCUT2D eigenvalue weighted by molar-refractivity contribution is 7.85. The lowest BCUT2D eigenvalue weighted by atomic mass is 10.1. The number of hydrogen-bond acceptors (Lipinski definition) is 9. The Balaban J connectivity index is 1.71. The van der Waals surface area contributed by atoms with Crippen molar-refractivity contribution < 1.29 is 26.5 Å². The summed E-state index contributed by atoms with van der Waals surface area (Å²) >= 11 is 0. The van der Waals surface area contributed by atoms with Gasteiger partial charge in [-0.25, -0.2) is 8.42 Å². The Morgan fingerprint density at radius 2 is 1.26 bits per heavy atom. The van der Waals surface area contributed by atoms with Crippen molar-refractivity contribution >= 4 is 54.3 Å². The van der Waals surface area contributed by atoms with Crippen molar-refractivity contribution in [2.45, 2.75) is 9.79 Å². The van der Waals surface area contributed by atoms with Crippen LogP contribution in [0.25, 0.3) is 10.8 Å². The molecule has 0 fully saturated rings. The fourth-order valence-electron chi connectivity index (χ4n) is 3.09. The third-order valence-electron chi connectivity index (χ3n) is 4.67. The quantitative estimate of drug-likeness (QED) is 0.179. The smallest absolute Gasteiger partial charge is 0.294 e. The SMILES string of the molecule is O=[SH](=O)c1cc(S(=O)(=O)O)cc2ccc(O)c(/N=N/c3ccc(/N=N/c4ccccc4)cc3)c12. The molecule has 0 bridgehead atoms. The highest BCUT2D eigenvalue weighted by Gasteiger charge is 2.19. The molecule has 4 rings (SSSR count). The minimum absolute atomic E-state index is 0.0273. The number of aromatic hydroxyl groups is 1. The van der Waals surface area contributed by atoms with Crippen LogP contribution in [0.15, 0.2) is 109 Å². The van der Waals surface area contributed by atoms with E-state index in [1.165, 1.54) is 12.1 Å². The lowest BCUT2D eigenvalue weighted by Crippen LogP contribution is -1.99. The molecule has 0 aromatic heterocycles. The summed E-state index contributed by atoms with van der Waals surface area (Å²) < 4.78 is 56.0. The summed E-state index contributed by atoms with van der Waals surface area (Å²) in [5, 5.41) is 26.7. The molecule has 0 unspecified atom stereocenters. The first-order valence-electron chi connectivity index (χ1n) is 9.62. The van der Waals surface area contributed by atoms with Crippen LogP contribution >= 0.6 is 0 Å². The van der Waals surface area contributed by atoms with Gasteiger partial charge in [-0.15, -0.1) is 5.11 Å². The lowest BCUT2D eigenvalue weighted by Gasteiger charge is -2.08. The van der Waals surface area contributed by atoms with Gasteiger partial charge in [0.2, 0.25) is 0 Å². The molecule has 0 aliphatic carbocycles. The van der Waals surface area contributed by atoms with Gasteiger partial charge in [-0.05, 0) is 60.0 Å². The van der Waals surface area contributed by atoms with E-state index in [0.717, 1.165) is 12.1 Å². The molecule has 0 atom stereocenters.